The molecule has 0 spiro atoms. The maximum absolute atomic E-state index is 14.5. The SMILES string of the molecule is CCOC(=O)C1=C(C)N=c2s/c(=C\c3ccc(F)c(Oc4ccccc4)c3)c(=O)n2C1c1ccc(SC)cc1. The average Bonchev–Trinajstić information content (AvgIpc) is 3.24. The van der Waals surface area contributed by atoms with Crippen LogP contribution in [-0.4, -0.2) is 23.4 Å². The number of thioether (sulfide) groups is 1. The number of halogens is 1. The molecule has 1 aromatic heterocycles. The Bertz CT molecular complexity index is 1740. The number of hydrogen-bond donors (Lipinski definition) is 0. The zero-order valence-corrected chi connectivity index (χ0v) is 23.1. The Hall–Kier alpha value is -3.95. The van der Waals surface area contributed by atoms with Crippen LogP contribution in [0.5, 0.6) is 11.5 Å². The molecule has 4 aromatic rings. The van der Waals surface area contributed by atoms with E-state index >= 15 is 0 Å². The monoisotopic (exact) mass is 560 g/mol. The molecule has 1 unspecified atom stereocenters. The quantitative estimate of drug-likeness (QED) is 0.222. The van der Waals surface area contributed by atoms with Crippen molar-refractivity contribution in [1.82, 2.24) is 4.57 Å². The molecule has 39 heavy (non-hydrogen) atoms. The lowest BCUT2D eigenvalue weighted by Gasteiger charge is -2.24. The molecule has 0 radical (unpaired) electrons. The minimum Gasteiger partial charge on any atom is -0.463 e. The van der Waals surface area contributed by atoms with E-state index in [1.54, 1.807) is 68.1 Å². The topological polar surface area (TPSA) is 69.9 Å². The van der Waals surface area contributed by atoms with Crippen molar-refractivity contribution < 1.29 is 18.7 Å². The molecule has 1 aliphatic rings. The Labute approximate surface area is 232 Å². The minimum atomic E-state index is -0.691. The summed E-state index contributed by atoms with van der Waals surface area (Å²) < 4.78 is 27.5. The van der Waals surface area contributed by atoms with E-state index < -0.39 is 17.8 Å². The molecule has 0 N–H and O–H groups in total. The smallest absolute Gasteiger partial charge is 0.338 e. The molecule has 1 atom stereocenters. The van der Waals surface area contributed by atoms with Crippen LogP contribution >= 0.6 is 23.1 Å². The number of thiazole rings is 1. The number of aromatic nitrogens is 1. The molecular weight excluding hydrogens is 535 g/mol. The van der Waals surface area contributed by atoms with Crippen molar-refractivity contribution in [3.63, 3.8) is 0 Å². The highest BCUT2D eigenvalue weighted by Gasteiger charge is 2.33. The molecule has 1 aliphatic heterocycles. The van der Waals surface area contributed by atoms with Gasteiger partial charge in [0.25, 0.3) is 5.56 Å². The molecule has 0 fully saturated rings. The van der Waals surface area contributed by atoms with Gasteiger partial charge in [0.1, 0.15) is 5.75 Å². The number of fused-ring (bicyclic) bond motifs is 1. The summed E-state index contributed by atoms with van der Waals surface area (Å²) >= 11 is 2.82. The number of benzene rings is 3. The van der Waals surface area contributed by atoms with Gasteiger partial charge in [-0.3, -0.25) is 9.36 Å². The van der Waals surface area contributed by atoms with Gasteiger partial charge in [-0.25, -0.2) is 14.2 Å². The van der Waals surface area contributed by atoms with Gasteiger partial charge in [-0.05, 0) is 73.7 Å². The molecule has 3 aromatic carbocycles. The zero-order chi connectivity index (χ0) is 27.5. The molecule has 0 amide bonds. The summed E-state index contributed by atoms with van der Waals surface area (Å²) in [5.74, 6) is -0.466. The summed E-state index contributed by atoms with van der Waals surface area (Å²) in [4.78, 5) is 33.0. The second kappa shape index (κ2) is 11.4. The lowest BCUT2D eigenvalue weighted by atomic mass is 9.96. The second-order valence-electron chi connectivity index (χ2n) is 8.68. The molecule has 198 valence electrons. The van der Waals surface area contributed by atoms with E-state index in [-0.39, 0.29) is 17.9 Å². The Balaban J connectivity index is 1.62. The maximum Gasteiger partial charge on any atom is 0.338 e. The first-order valence-electron chi connectivity index (χ1n) is 12.3. The number of nitrogens with zero attached hydrogens (tertiary/aromatic N) is 2. The third-order valence-corrected chi connectivity index (χ3v) is 7.90. The van der Waals surface area contributed by atoms with Gasteiger partial charge in [-0.1, -0.05) is 47.7 Å². The summed E-state index contributed by atoms with van der Waals surface area (Å²) in [6, 6.07) is 20.4. The molecule has 9 heteroatoms. The van der Waals surface area contributed by atoms with Crippen LogP contribution in [0.2, 0.25) is 0 Å². The fourth-order valence-electron chi connectivity index (χ4n) is 4.35. The van der Waals surface area contributed by atoms with Crippen LogP contribution in [-0.2, 0) is 9.53 Å². The third-order valence-electron chi connectivity index (χ3n) is 6.17. The number of hydrogen-bond acceptors (Lipinski definition) is 7. The lowest BCUT2D eigenvalue weighted by molar-refractivity contribution is -0.139. The van der Waals surface area contributed by atoms with Gasteiger partial charge < -0.3 is 9.47 Å². The number of ether oxygens (including phenoxy) is 2. The van der Waals surface area contributed by atoms with E-state index in [9.17, 15) is 14.0 Å². The highest BCUT2D eigenvalue weighted by atomic mass is 32.2. The molecule has 5 rings (SSSR count). The van der Waals surface area contributed by atoms with Crippen molar-refractivity contribution in [3.8, 4) is 11.5 Å². The molecule has 0 bridgehead atoms. The van der Waals surface area contributed by atoms with E-state index in [0.717, 1.165) is 10.5 Å². The molecule has 0 saturated heterocycles. The van der Waals surface area contributed by atoms with Crippen LogP contribution in [0.3, 0.4) is 0 Å². The summed E-state index contributed by atoms with van der Waals surface area (Å²) in [6.07, 6.45) is 3.66. The summed E-state index contributed by atoms with van der Waals surface area (Å²) in [5, 5.41) is 0. The fraction of sp³-hybridized carbons (Fsp3) is 0.167. The number of para-hydroxylation sites is 1. The predicted octanol–water partition coefficient (Wildman–Crippen LogP) is 5.45. The van der Waals surface area contributed by atoms with E-state index in [2.05, 4.69) is 4.99 Å². The van der Waals surface area contributed by atoms with Crippen molar-refractivity contribution >= 4 is 35.1 Å². The van der Waals surface area contributed by atoms with Gasteiger partial charge in [0.05, 0.1) is 28.5 Å². The molecule has 6 nitrogen and oxygen atoms in total. The fourth-order valence-corrected chi connectivity index (χ4v) is 5.80. The first kappa shape index (κ1) is 26.6. The molecule has 2 heterocycles. The van der Waals surface area contributed by atoms with E-state index in [4.69, 9.17) is 9.47 Å². The van der Waals surface area contributed by atoms with Crippen LogP contribution < -0.4 is 19.6 Å². The standard InChI is InChI=1S/C30H25FN2O4S2/c1-4-36-29(35)26-18(2)32-30-33(27(26)20-11-13-22(38-3)14-12-20)28(34)25(39-30)17-19-10-15-23(31)24(16-19)37-21-8-6-5-7-9-21/h5-17,27H,4H2,1-3H3/b25-17-. The Morgan fingerprint density at radius 3 is 2.56 bits per heavy atom. The maximum atomic E-state index is 14.5. The van der Waals surface area contributed by atoms with Crippen LogP contribution in [0.15, 0.2) is 98.7 Å². The highest BCUT2D eigenvalue weighted by Crippen LogP contribution is 2.32. The Morgan fingerprint density at radius 1 is 1.13 bits per heavy atom. The average molecular weight is 561 g/mol. The normalized spacial score (nSPS) is 15.1. The zero-order valence-electron chi connectivity index (χ0n) is 21.5. The van der Waals surface area contributed by atoms with Gasteiger partial charge in [-0.15, -0.1) is 11.8 Å². The van der Waals surface area contributed by atoms with E-state index in [1.165, 1.54) is 22.0 Å². The minimum absolute atomic E-state index is 0.0509. The van der Waals surface area contributed by atoms with Crippen molar-refractivity contribution in [1.29, 1.82) is 0 Å². The van der Waals surface area contributed by atoms with Crippen molar-refractivity contribution in [2.75, 3.05) is 12.9 Å². The van der Waals surface area contributed by atoms with Gasteiger partial charge in [0.2, 0.25) is 0 Å². The van der Waals surface area contributed by atoms with E-state index in [1.807, 2.05) is 36.6 Å². The van der Waals surface area contributed by atoms with Crippen LogP contribution in [0.4, 0.5) is 4.39 Å². The van der Waals surface area contributed by atoms with Crippen LogP contribution in [0, 0.1) is 5.82 Å². The third kappa shape index (κ3) is 5.46. The predicted molar refractivity (Wildman–Crippen MR) is 152 cm³/mol. The van der Waals surface area contributed by atoms with Crippen LogP contribution in [0.25, 0.3) is 6.08 Å². The highest BCUT2D eigenvalue weighted by molar-refractivity contribution is 7.98. The molecule has 0 saturated carbocycles. The van der Waals surface area contributed by atoms with Gasteiger partial charge in [0.15, 0.2) is 16.4 Å². The first-order chi connectivity index (χ1) is 18.9. The number of carbonyl (C=O) groups excluding carboxylic acids is 1. The summed E-state index contributed by atoms with van der Waals surface area (Å²) in [7, 11) is 0. The second-order valence-corrected chi connectivity index (χ2v) is 10.6. The van der Waals surface area contributed by atoms with Gasteiger partial charge >= 0.3 is 5.97 Å². The van der Waals surface area contributed by atoms with Crippen molar-refractivity contribution in [3.05, 3.63) is 121 Å². The lowest BCUT2D eigenvalue weighted by Crippen LogP contribution is -2.39. The molecule has 0 aliphatic carbocycles. The number of esters is 1. The summed E-state index contributed by atoms with van der Waals surface area (Å²) in [5.41, 5.74) is 1.89. The van der Waals surface area contributed by atoms with Crippen LogP contribution in [0.1, 0.15) is 31.0 Å². The summed E-state index contributed by atoms with van der Waals surface area (Å²) in [6.45, 7) is 3.69. The Kier molecular flexibility index (Phi) is 7.81. The van der Waals surface area contributed by atoms with Crippen molar-refractivity contribution in [2.24, 2.45) is 4.99 Å². The van der Waals surface area contributed by atoms with E-state index in [0.29, 0.717) is 31.9 Å². The van der Waals surface area contributed by atoms with Gasteiger partial charge in [-0.2, -0.15) is 0 Å². The van der Waals surface area contributed by atoms with Crippen molar-refractivity contribution in [2.45, 2.75) is 24.8 Å². The number of carbonyl (C=O) groups is 1. The van der Waals surface area contributed by atoms with Gasteiger partial charge in [0, 0.05) is 4.90 Å². The number of rotatable bonds is 7. The first-order valence-corrected chi connectivity index (χ1v) is 14.3. The number of allylic oxidation sites excluding steroid dienone is 1. The largest absolute Gasteiger partial charge is 0.463 e. The molecular formula is C30H25FN2O4S2. The Morgan fingerprint density at radius 2 is 1.87 bits per heavy atom.